The molecular weight excluding hydrogens is 500 g/mol. The number of hydrogen-bond acceptors (Lipinski definition) is 8. The van der Waals surface area contributed by atoms with Gasteiger partial charge >= 0.3 is 0 Å². The molecule has 1 heterocycles. The Labute approximate surface area is 213 Å². The molecule has 0 spiro atoms. The fourth-order valence-corrected chi connectivity index (χ4v) is 5.00. The summed E-state index contributed by atoms with van der Waals surface area (Å²) in [5, 5.41) is 8.50. The summed E-state index contributed by atoms with van der Waals surface area (Å²) in [6.45, 7) is -0.275. The van der Waals surface area contributed by atoms with Gasteiger partial charge in [0, 0.05) is 23.7 Å². The van der Waals surface area contributed by atoms with Crippen molar-refractivity contribution < 1.29 is 22.7 Å². The van der Waals surface area contributed by atoms with Gasteiger partial charge < -0.3 is 20.1 Å². The zero-order valence-corrected chi connectivity index (χ0v) is 21.2. The van der Waals surface area contributed by atoms with Gasteiger partial charge in [0.15, 0.2) is 11.7 Å². The first-order valence-corrected chi connectivity index (χ1v) is 13.2. The van der Waals surface area contributed by atoms with Gasteiger partial charge in [0.1, 0.15) is 11.5 Å². The maximum atomic E-state index is 12.6. The molecule has 0 radical (unpaired) electrons. The monoisotopic (exact) mass is 524 g/mol. The Morgan fingerprint density at radius 2 is 1.78 bits per heavy atom. The molecule has 4 aromatic rings. The molecule has 0 unspecified atom stereocenters. The van der Waals surface area contributed by atoms with E-state index in [0.717, 1.165) is 16.4 Å². The van der Waals surface area contributed by atoms with E-state index in [9.17, 15) is 13.2 Å². The Balaban J connectivity index is 1.38. The van der Waals surface area contributed by atoms with Crippen molar-refractivity contribution in [3.05, 3.63) is 78.2 Å². The van der Waals surface area contributed by atoms with E-state index >= 15 is 0 Å². The summed E-state index contributed by atoms with van der Waals surface area (Å²) >= 11 is 1.48. The number of nitrogens with one attached hydrogen (secondary N) is 3. The molecule has 0 atom stereocenters. The SMILES string of the molecule is CNc1nc(-c2ccc(OC)c(NC(=O)COc3ccc(S(=O)(=O)Nc4ccccc4)cc3)c2)cs1. The van der Waals surface area contributed by atoms with Gasteiger partial charge in [-0.05, 0) is 54.6 Å². The first kappa shape index (κ1) is 25.0. The van der Waals surface area contributed by atoms with E-state index in [1.807, 2.05) is 11.4 Å². The van der Waals surface area contributed by atoms with Crippen molar-refractivity contribution in [2.24, 2.45) is 0 Å². The van der Waals surface area contributed by atoms with Crippen molar-refractivity contribution in [3.8, 4) is 22.8 Å². The van der Waals surface area contributed by atoms with E-state index < -0.39 is 15.9 Å². The molecule has 9 nitrogen and oxygen atoms in total. The maximum Gasteiger partial charge on any atom is 0.262 e. The number of rotatable bonds is 10. The summed E-state index contributed by atoms with van der Waals surface area (Å²) < 4.78 is 38.5. The number of amides is 1. The number of hydrogen-bond donors (Lipinski definition) is 3. The van der Waals surface area contributed by atoms with Crippen LogP contribution in [0.15, 0.2) is 83.1 Å². The van der Waals surface area contributed by atoms with Gasteiger partial charge in [0.05, 0.1) is 23.4 Å². The van der Waals surface area contributed by atoms with Crippen LogP contribution in [0.1, 0.15) is 0 Å². The minimum absolute atomic E-state index is 0.0770. The molecule has 3 aromatic carbocycles. The van der Waals surface area contributed by atoms with Crippen LogP contribution in [-0.2, 0) is 14.8 Å². The molecule has 186 valence electrons. The highest BCUT2D eigenvalue weighted by Gasteiger charge is 2.15. The van der Waals surface area contributed by atoms with Crippen LogP contribution < -0.4 is 24.8 Å². The Kier molecular flexibility index (Phi) is 7.71. The molecule has 0 saturated heterocycles. The highest BCUT2D eigenvalue weighted by Crippen LogP contribution is 2.32. The number of ether oxygens (including phenoxy) is 2. The normalized spacial score (nSPS) is 10.9. The van der Waals surface area contributed by atoms with E-state index in [0.29, 0.717) is 22.9 Å². The Morgan fingerprint density at radius 1 is 1.03 bits per heavy atom. The molecule has 0 saturated carbocycles. The molecular formula is C25H24N4O5S2. The second kappa shape index (κ2) is 11.1. The van der Waals surface area contributed by atoms with Gasteiger partial charge in [-0.25, -0.2) is 13.4 Å². The van der Waals surface area contributed by atoms with Gasteiger partial charge in [-0.3, -0.25) is 9.52 Å². The van der Waals surface area contributed by atoms with E-state index in [1.54, 1.807) is 49.5 Å². The van der Waals surface area contributed by atoms with E-state index in [2.05, 4.69) is 20.3 Å². The summed E-state index contributed by atoms with van der Waals surface area (Å²) in [7, 11) is -0.423. The third-order valence-corrected chi connectivity index (χ3v) is 7.27. The summed E-state index contributed by atoms with van der Waals surface area (Å²) in [5.41, 5.74) is 2.54. The highest BCUT2D eigenvalue weighted by molar-refractivity contribution is 7.92. The average molecular weight is 525 g/mol. The second-order valence-corrected chi connectivity index (χ2v) is 10.0. The molecule has 0 aliphatic rings. The molecule has 0 aliphatic heterocycles. The molecule has 1 aromatic heterocycles. The van der Waals surface area contributed by atoms with Crippen LogP contribution in [0.25, 0.3) is 11.3 Å². The zero-order valence-electron chi connectivity index (χ0n) is 19.5. The molecule has 0 aliphatic carbocycles. The number of aromatic nitrogens is 1. The number of thiazole rings is 1. The van der Waals surface area contributed by atoms with Gasteiger partial charge in [-0.15, -0.1) is 11.3 Å². The molecule has 1 amide bonds. The summed E-state index contributed by atoms with van der Waals surface area (Å²) in [5.74, 6) is 0.449. The van der Waals surface area contributed by atoms with Gasteiger partial charge in [-0.2, -0.15) is 0 Å². The third-order valence-electron chi connectivity index (χ3n) is 5.02. The van der Waals surface area contributed by atoms with E-state index in [1.165, 1.54) is 42.7 Å². The number of para-hydroxylation sites is 1. The number of nitrogens with zero attached hydrogens (tertiary/aromatic N) is 1. The minimum atomic E-state index is -3.74. The molecule has 4 rings (SSSR count). The Hall–Kier alpha value is -4.09. The predicted molar refractivity (Wildman–Crippen MR) is 141 cm³/mol. The topological polar surface area (TPSA) is 119 Å². The van der Waals surface area contributed by atoms with Crippen molar-refractivity contribution in [3.63, 3.8) is 0 Å². The van der Waals surface area contributed by atoms with Gasteiger partial charge in [0.2, 0.25) is 0 Å². The van der Waals surface area contributed by atoms with Crippen LogP contribution in [0.4, 0.5) is 16.5 Å². The molecule has 36 heavy (non-hydrogen) atoms. The van der Waals surface area contributed by atoms with Crippen molar-refractivity contribution in [2.45, 2.75) is 4.90 Å². The lowest BCUT2D eigenvalue weighted by Gasteiger charge is -2.12. The van der Waals surface area contributed by atoms with Gasteiger partial charge in [-0.1, -0.05) is 18.2 Å². The average Bonchev–Trinajstić information content (AvgIpc) is 3.37. The lowest BCUT2D eigenvalue weighted by atomic mass is 10.1. The molecule has 3 N–H and O–H groups in total. The predicted octanol–water partition coefficient (Wildman–Crippen LogP) is 4.68. The van der Waals surface area contributed by atoms with E-state index in [4.69, 9.17) is 9.47 Å². The van der Waals surface area contributed by atoms with Crippen LogP contribution in [-0.4, -0.2) is 40.1 Å². The summed E-state index contributed by atoms with van der Waals surface area (Å²) in [6.07, 6.45) is 0. The molecule has 0 bridgehead atoms. The van der Waals surface area contributed by atoms with Crippen LogP contribution in [0, 0.1) is 0 Å². The summed E-state index contributed by atoms with van der Waals surface area (Å²) in [6, 6.07) is 19.8. The van der Waals surface area contributed by atoms with Crippen LogP contribution in [0.5, 0.6) is 11.5 Å². The second-order valence-electron chi connectivity index (χ2n) is 7.48. The van der Waals surface area contributed by atoms with Crippen molar-refractivity contribution in [1.29, 1.82) is 0 Å². The number of methoxy groups -OCH3 is 1. The lowest BCUT2D eigenvalue weighted by Crippen LogP contribution is -2.20. The van der Waals surface area contributed by atoms with Crippen LogP contribution in [0.2, 0.25) is 0 Å². The first-order chi connectivity index (χ1) is 17.4. The standard InChI is InChI=1S/C25H24N4O5S2/c1-26-25-28-22(16-35-25)17-8-13-23(33-2)21(14-17)27-24(30)15-34-19-9-11-20(12-10-19)36(31,32)29-18-6-4-3-5-7-18/h3-14,16,29H,15H2,1-2H3,(H,26,28)(H,27,30). The third kappa shape index (κ3) is 6.12. The number of benzene rings is 3. The fraction of sp³-hybridized carbons (Fsp3) is 0.120. The quantitative estimate of drug-likeness (QED) is 0.276. The van der Waals surface area contributed by atoms with Gasteiger partial charge in [0.25, 0.3) is 15.9 Å². The fourth-order valence-electron chi connectivity index (χ4n) is 3.26. The number of anilines is 3. The number of sulfonamides is 1. The number of carbonyl (C=O) groups is 1. The van der Waals surface area contributed by atoms with Crippen molar-refractivity contribution in [1.82, 2.24) is 4.98 Å². The van der Waals surface area contributed by atoms with Crippen molar-refractivity contribution in [2.75, 3.05) is 36.1 Å². The molecule has 11 heteroatoms. The van der Waals surface area contributed by atoms with E-state index in [-0.39, 0.29) is 11.5 Å². The largest absolute Gasteiger partial charge is 0.495 e. The van der Waals surface area contributed by atoms with Crippen LogP contribution >= 0.6 is 11.3 Å². The van der Waals surface area contributed by atoms with Crippen molar-refractivity contribution >= 4 is 43.8 Å². The minimum Gasteiger partial charge on any atom is -0.495 e. The maximum absolute atomic E-state index is 12.6. The first-order valence-electron chi connectivity index (χ1n) is 10.8. The smallest absolute Gasteiger partial charge is 0.262 e. The molecule has 0 fully saturated rings. The zero-order chi connectivity index (χ0) is 25.5. The summed E-state index contributed by atoms with van der Waals surface area (Å²) in [4.78, 5) is 17.1. The van der Waals surface area contributed by atoms with Crippen LogP contribution in [0.3, 0.4) is 0 Å². The highest BCUT2D eigenvalue weighted by atomic mass is 32.2. The lowest BCUT2D eigenvalue weighted by molar-refractivity contribution is -0.118. The Bertz CT molecular complexity index is 1440. The Morgan fingerprint density at radius 3 is 2.44 bits per heavy atom. The number of carbonyl (C=O) groups excluding carboxylic acids is 1.